The van der Waals surface area contributed by atoms with Gasteiger partial charge in [-0.2, -0.15) is 0 Å². The Bertz CT molecular complexity index is 916. The Morgan fingerprint density at radius 3 is 1.73 bits per heavy atom. The second-order valence-electron chi connectivity index (χ2n) is 9.74. The van der Waals surface area contributed by atoms with Crippen LogP contribution in [0.4, 0.5) is 11.4 Å². The molecule has 0 aliphatic carbocycles. The number of aryl methyl sites for hydroxylation is 2. The van der Waals surface area contributed by atoms with Gasteiger partial charge < -0.3 is 20.9 Å². The van der Waals surface area contributed by atoms with Crippen molar-refractivity contribution in [3.8, 4) is 0 Å². The van der Waals surface area contributed by atoms with Crippen molar-refractivity contribution >= 4 is 34.8 Å². The molecule has 0 spiro atoms. The monoisotopic (exact) mass is 528 g/mol. The summed E-state index contributed by atoms with van der Waals surface area (Å²) >= 11 is 5.43. The first-order valence-electron chi connectivity index (χ1n) is 13.7. The minimum atomic E-state index is -0.0411. The minimum Gasteiger partial charge on any atom is -0.326 e. The van der Waals surface area contributed by atoms with E-state index in [1.165, 1.54) is 57.2 Å². The van der Waals surface area contributed by atoms with Crippen LogP contribution in [-0.4, -0.2) is 55.3 Å². The largest absolute Gasteiger partial charge is 0.326 e. The number of benzene rings is 2. The van der Waals surface area contributed by atoms with Gasteiger partial charge in [-0.15, -0.1) is 11.6 Å². The average Bonchev–Trinajstić information content (AvgIpc) is 2.90. The highest BCUT2D eigenvalue weighted by Crippen LogP contribution is 2.12. The van der Waals surface area contributed by atoms with Gasteiger partial charge in [0.2, 0.25) is 11.8 Å². The number of anilines is 2. The van der Waals surface area contributed by atoms with E-state index in [-0.39, 0.29) is 11.8 Å². The standard InChI is InChI=1S/C15H22N2O.C10H12ClNO.C5H11N/c1-13-6-5-7-14(12-13)16-15(18)8-11-17-9-3-2-4-10-17;1-8-3-2-4-9(7-8)12-10(13)5-6-11;1-2-4-6-5-3-1/h5-7,12H,2-4,8-11H2,1H3,(H,16,18);2-4,7H,5-6H2,1H3,(H,12,13);6H,1-5H2. The molecule has 2 fully saturated rings. The summed E-state index contributed by atoms with van der Waals surface area (Å²) in [6.07, 6.45) is 9.06. The molecule has 3 N–H and O–H groups in total. The fourth-order valence-electron chi connectivity index (χ4n) is 4.22. The predicted molar refractivity (Wildman–Crippen MR) is 157 cm³/mol. The molecule has 6 nitrogen and oxygen atoms in total. The van der Waals surface area contributed by atoms with Crippen molar-refractivity contribution in [1.82, 2.24) is 10.2 Å². The lowest BCUT2D eigenvalue weighted by molar-refractivity contribution is -0.117. The summed E-state index contributed by atoms with van der Waals surface area (Å²) in [5.74, 6) is 0.434. The van der Waals surface area contributed by atoms with Gasteiger partial charge >= 0.3 is 0 Å². The molecule has 4 rings (SSSR count). The highest BCUT2D eigenvalue weighted by Gasteiger charge is 2.11. The Kier molecular flexibility index (Phi) is 15.6. The summed E-state index contributed by atoms with van der Waals surface area (Å²) in [6, 6.07) is 15.6. The molecule has 0 radical (unpaired) electrons. The van der Waals surface area contributed by atoms with Crippen molar-refractivity contribution in [3.05, 3.63) is 59.7 Å². The molecule has 204 valence electrons. The zero-order valence-corrected chi connectivity index (χ0v) is 23.4. The average molecular weight is 529 g/mol. The maximum atomic E-state index is 11.8. The summed E-state index contributed by atoms with van der Waals surface area (Å²) < 4.78 is 0. The summed E-state index contributed by atoms with van der Waals surface area (Å²) in [6.45, 7) is 9.70. The van der Waals surface area contributed by atoms with Crippen LogP contribution >= 0.6 is 11.6 Å². The lowest BCUT2D eigenvalue weighted by Crippen LogP contribution is -2.32. The molecule has 2 aliphatic rings. The van der Waals surface area contributed by atoms with E-state index in [4.69, 9.17) is 11.6 Å². The molecule has 2 aliphatic heterocycles. The molecule has 0 bridgehead atoms. The maximum Gasteiger partial charge on any atom is 0.225 e. The first-order chi connectivity index (χ1) is 18.0. The van der Waals surface area contributed by atoms with Gasteiger partial charge in [0.15, 0.2) is 0 Å². The van der Waals surface area contributed by atoms with E-state index in [1.807, 2.05) is 62.4 Å². The van der Waals surface area contributed by atoms with Gasteiger partial charge in [0, 0.05) is 36.6 Å². The number of likely N-dealkylation sites (tertiary alicyclic amines) is 1. The van der Waals surface area contributed by atoms with Crippen LogP contribution in [0, 0.1) is 13.8 Å². The number of nitrogens with one attached hydrogen (secondary N) is 3. The Hall–Kier alpha value is -2.41. The highest BCUT2D eigenvalue weighted by molar-refractivity contribution is 6.19. The summed E-state index contributed by atoms with van der Waals surface area (Å²) in [4.78, 5) is 25.3. The number of carbonyl (C=O) groups excluding carboxylic acids is 2. The van der Waals surface area contributed by atoms with Gasteiger partial charge in [-0.1, -0.05) is 37.1 Å². The molecule has 0 unspecified atom stereocenters. The lowest BCUT2D eigenvalue weighted by Gasteiger charge is -2.25. The molecule has 2 heterocycles. The van der Waals surface area contributed by atoms with E-state index in [9.17, 15) is 9.59 Å². The molecule has 0 atom stereocenters. The number of hydrogen-bond donors (Lipinski definition) is 3. The fraction of sp³-hybridized carbons (Fsp3) is 0.533. The molecular weight excluding hydrogens is 484 g/mol. The molecule has 0 saturated carbocycles. The Labute approximate surface area is 228 Å². The van der Waals surface area contributed by atoms with Crippen LogP contribution in [0.2, 0.25) is 0 Å². The number of amides is 2. The van der Waals surface area contributed by atoms with Gasteiger partial charge in [-0.05, 0) is 101 Å². The van der Waals surface area contributed by atoms with Crippen LogP contribution < -0.4 is 16.0 Å². The van der Waals surface area contributed by atoms with Gasteiger partial charge in [-0.3, -0.25) is 9.59 Å². The van der Waals surface area contributed by atoms with Crippen molar-refractivity contribution in [2.75, 3.05) is 49.2 Å². The molecule has 37 heavy (non-hydrogen) atoms. The van der Waals surface area contributed by atoms with Crippen molar-refractivity contribution in [2.45, 2.75) is 65.2 Å². The summed E-state index contributed by atoms with van der Waals surface area (Å²) in [5.41, 5.74) is 4.03. The van der Waals surface area contributed by atoms with Gasteiger partial charge in [0.1, 0.15) is 0 Å². The minimum absolute atomic E-state index is 0.0411. The molecular formula is C30H45ClN4O2. The van der Waals surface area contributed by atoms with Crippen molar-refractivity contribution in [3.63, 3.8) is 0 Å². The first kappa shape index (κ1) is 30.8. The number of halogens is 1. The number of piperidine rings is 2. The molecule has 2 amide bonds. The SMILES string of the molecule is C1CCNCC1.Cc1cccc(NC(=O)CCCl)c1.Cc1cccc(NC(=O)CCN2CCCCC2)c1. The van der Waals surface area contributed by atoms with Crippen LogP contribution in [0.5, 0.6) is 0 Å². The third-order valence-electron chi connectivity index (χ3n) is 6.24. The Balaban J connectivity index is 0.000000220. The van der Waals surface area contributed by atoms with Gasteiger partial charge in [-0.25, -0.2) is 0 Å². The number of carbonyl (C=O) groups is 2. The highest BCUT2D eigenvalue weighted by atomic mass is 35.5. The second kappa shape index (κ2) is 18.8. The van der Waals surface area contributed by atoms with Gasteiger partial charge in [0.25, 0.3) is 0 Å². The Morgan fingerprint density at radius 1 is 0.784 bits per heavy atom. The van der Waals surface area contributed by atoms with Crippen molar-refractivity contribution < 1.29 is 9.59 Å². The van der Waals surface area contributed by atoms with Crippen LogP contribution in [0.3, 0.4) is 0 Å². The predicted octanol–water partition coefficient (Wildman–Crippen LogP) is 6.13. The molecule has 7 heteroatoms. The van der Waals surface area contributed by atoms with E-state index in [1.54, 1.807) is 0 Å². The number of nitrogens with zero attached hydrogens (tertiary/aromatic N) is 1. The lowest BCUT2D eigenvalue weighted by atomic mass is 10.1. The van der Waals surface area contributed by atoms with E-state index in [0.717, 1.165) is 36.6 Å². The quantitative estimate of drug-likeness (QED) is 0.378. The molecule has 2 saturated heterocycles. The Morgan fingerprint density at radius 2 is 1.30 bits per heavy atom. The number of rotatable bonds is 7. The normalized spacial score (nSPS) is 15.3. The smallest absolute Gasteiger partial charge is 0.225 e. The van der Waals surface area contributed by atoms with Gasteiger partial charge in [0.05, 0.1) is 0 Å². The van der Waals surface area contributed by atoms with E-state index >= 15 is 0 Å². The van der Waals surface area contributed by atoms with Crippen molar-refractivity contribution in [1.29, 1.82) is 0 Å². The molecule has 0 aromatic heterocycles. The second-order valence-corrected chi connectivity index (χ2v) is 10.1. The van der Waals surface area contributed by atoms with Crippen molar-refractivity contribution in [2.24, 2.45) is 0 Å². The topological polar surface area (TPSA) is 73.5 Å². The van der Waals surface area contributed by atoms with Crippen LogP contribution in [0.25, 0.3) is 0 Å². The zero-order chi connectivity index (χ0) is 26.7. The van der Waals surface area contributed by atoms with Crippen LogP contribution in [0.1, 0.15) is 62.5 Å². The van der Waals surface area contributed by atoms with E-state index < -0.39 is 0 Å². The van der Waals surface area contributed by atoms with E-state index in [2.05, 4.69) is 20.9 Å². The van der Waals surface area contributed by atoms with E-state index in [0.29, 0.717) is 18.7 Å². The summed E-state index contributed by atoms with van der Waals surface area (Å²) in [5, 5.41) is 9.00. The third kappa shape index (κ3) is 14.8. The maximum absolute atomic E-state index is 11.8. The summed E-state index contributed by atoms with van der Waals surface area (Å²) in [7, 11) is 0. The van der Waals surface area contributed by atoms with Crippen LogP contribution in [0.15, 0.2) is 48.5 Å². The fourth-order valence-corrected chi connectivity index (χ4v) is 4.39. The molecule has 2 aromatic rings. The number of hydrogen-bond acceptors (Lipinski definition) is 4. The zero-order valence-electron chi connectivity index (χ0n) is 22.7. The third-order valence-corrected chi connectivity index (χ3v) is 6.43. The van der Waals surface area contributed by atoms with Crippen LogP contribution in [-0.2, 0) is 9.59 Å². The first-order valence-corrected chi connectivity index (χ1v) is 14.2. The number of alkyl halides is 1. The molecule has 2 aromatic carbocycles.